The predicted molar refractivity (Wildman–Crippen MR) is 72.7 cm³/mol. The van der Waals surface area contributed by atoms with Crippen LogP contribution >= 0.6 is 0 Å². The Morgan fingerprint density at radius 3 is 2.35 bits per heavy atom. The van der Waals surface area contributed by atoms with Gasteiger partial charge in [-0.3, -0.25) is 4.79 Å². The Morgan fingerprint density at radius 1 is 1.30 bits per heavy atom. The van der Waals surface area contributed by atoms with Gasteiger partial charge in [0.2, 0.25) is 15.9 Å². The van der Waals surface area contributed by atoms with E-state index in [0.29, 0.717) is 13.0 Å². The fourth-order valence-electron chi connectivity index (χ4n) is 1.38. The first-order valence-corrected chi connectivity index (χ1v) is 7.83. The van der Waals surface area contributed by atoms with Crippen molar-refractivity contribution >= 4 is 21.9 Å². The van der Waals surface area contributed by atoms with Gasteiger partial charge < -0.3 is 15.2 Å². The van der Waals surface area contributed by atoms with Gasteiger partial charge in [0.15, 0.2) is 0 Å². The maximum Gasteiger partial charge on any atom is 0.326 e. The Labute approximate surface area is 118 Å². The Balaban J connectivity index is 4.24. The lowest BCUT2D eigenvalue weighted by Crippen LogP contribution is -2.48. The van der Waals surface area contributed by atoms with Crippen LogP contribution < -0.4 is 10.0 Å². The molecule has 0 aromatic heterocycles. The van der Waals surface area contributed by atoms with Crippen molar-refractivity contribution in [1.82, 2.24) is 10.0 Å². The van der Waals surface area contributed by atoms with Crippen molar-refractivity contribution in [3.05, 3.63) is 0 Å². The van der Waals surface area contributed by atoms with Gasteiger partial charge in [-0.2, -0.15) is 0 Å². The first-order chi connectivity index (χ1) is 9.19. The molecule has 8 nitrogen and oxygen atoms in total. The predicted octanol–water partition coefficient (Wildman–Crippen LogP) is -0.832. The molecule has 0 rings (SSSR count). The number of carbonyl (C=O) groups excluding carboxylic acids is 1. The van der Waals surface area contributed by atoms with Crippen LogP contribution in [0.5, 0.6) is 0 Å². The molecule has 0 fully saturated rings. The van der Waals surface area contributed by atoms with Gasteiger partial charge in [-0.05, 0) is 12.3 Å². The second-order valence-electron chi connectivity index (χ2n) is 4.61. The van der Waals surface area contributed by atoms with E-state index in [1.54, 1.807) is 13.8 Å². The van der Waals surface area contributed by atoms with Crippen molar-refractivity contribution in [3.8, 4) is 0 Å². The monoisotopic (exact) mass is 310 g/mol. The van der Waals surface area contributed by atoms with Gasteiger partial charge in [0.1, 0.15) is 6.04 Å². The molecule has 0 aromatic carbocycles. The van der Waals surface area contributed by atoms with Crippen molar-refractivity contribution in [3.63, 3.8) is 0 Å². The van der Waals surface area contributed by atoms with Crippen molar-refractivity contribution in [2.45, 2.75) is 26.3 Å². The zero-order chi connectivity index (χ0) is 15.8. The maximum absolute atomic E-state index is 11.5. The number of ether oxygens (including phenoxy) is 1. The van der Waals surface area contributed by atoms with Crippen molar-refractivity contribution < 1.29 is 27.9 Å². The summed E-state index contributed by atoms with van der Waals surface area (Å²) in [6.07, 6.45) is 0.317. The summed E-state index contributed by atoms with van der Waals surface area (Å²) in [5.74, 6) is -2.28. The van der Waals surface area contributed by atoms with Crippen molar-refractivity contribution in [2.75, 3.05) is 26.0 Å². The lowest BCUT2D eigenvalue weighted by atomic mass is 10.1. The van der Waals surface area contributed by atoms with Crippen LogP contribution in [0.3, 0.4) is 0 Å². The van der Waals surface area contributed by atoms with Crippen LogP contribution in [-0.2, 0) is 24.3 Å². The minimum atomic E-state index is -3.56. The summed E-state index contributed by atoms with van der Waals surface area (Å²) < 4.78 is 29.8. The van der Waals surface area contributed by atoms with E-state index in [0.717, 1.165) is 0 Å². The van der Waals surface area contributed by atoms with Gasteiger partial charge in [-0.15, -0.1) is 0 Å². The molecule has 0 heterocycles. The van der Waals surface area contributed by atoms with Gasteiger partial charge in [-0.25, -0.2) is 17.9 Å². The number of carboxylic acid groups (broad SMARTS) is 1. The highest BCUT2D eigenvalue weighted by Crippen LogP contribution is 2.01. The number of sulfonamides is 1. The second-order valence-corrected chi connectivity index (χ2v) is 6.54. The van der Waals surface area contributed by atoms with Crippen LogP contribution in [0, 0.1) is 5.92 Å². The molecule has 0 unspecified atom stereocenters. The van der Waals surface area contributed by atoms with Gasteiger partial charge in [0.25, 0.3) is 0 Å². The number of carbonyl (C=O) groups is 2. The average molecular weight is 310 g/mol. The van der Waals surface area contributed by atoms with E-state index >= 15 is 0 Å². The van der Waals surface area contributed by atoms with Crippen LogP contribution in [0.4, 0.5) is 0 Å². The second kappa shape index (κ2) is 8.88. The molecule has 0 spiro atoms. The summed E-state index contributed by atoms with van der Waals surface area (Å²) in [6.45, 7) is 3.12. The minimum absolute atomic E-state index is 0.152. The Bertz CT molecular complexity index is 421. The number of rotatable bonds is 10. The number of aliphatic carboxylic acids is 1. The Kier molecular flexibility index (Phi) is 8.35. The molecular formula is C11H22N2O6S. The molecule has 0 aliphatic heterocycles. The molecule has 9 heteroatoms. The van der Waals surface area contributed by atoms with E-state index < -0.39 is 34.5 Å². The molecule has 0 saturated carbocycles. The van der Waals surface area contributed by atoms with E-state index in [-0.39, 0.29) is 11.7 Å². The summed E-state index contributed by atoms with van der Waals surface area (Å²) in [4.78, 5) is 22.4. The lowest BCUT2D eigenvalue weighted by molar-refractivity contribution is -0.142. The van der Waals surface area contributed by atoms with Gasteiger partial charge in [-0.1, -0.05) is 13.8 Å². The van der Waals surface area contributed by atoms with Crippen LogP contribution in [0.25, 0.3) is 0 Å². The molecule has 3 N–H and O–H groups in total. The SMILES string of the molecule is COCCCS(=O)(=O)NCC(=O)N[C@@H](C(=O)O)C(C)C. The van der Waals surface area contributed by atoms with Crippen LogP contribution in [-0.4, -0.2) is 57.5 Å². The summed E-state index contributed by atoms with van der Waals surface area (Å²) in [5, 5.41) is 11.2. The van der Waals surface area contributed by atoms with E-state index in [1.165, 1.54) is 7.11 Å². The molecule has 118 valence electrons. The van der Waals surface area contributed by atoms with Crippen LogP contribution in [0.2, 0.25) is 0 Å². The summed E-state index contributed by atoms with van der Waals surface area (Å²) in [5.41, 5.74) is 0. The van der Waals surface area contributed by atoms with E-state index in [4.69, 9.17) is 9.84 Å². The quantitative estimate of drug-likeness (QED) is 0.453. The fraction of sp³-hybridized carbons (Fsp3) is 0.818. The highest BCUT2D eigenvalue weighted by Gasteiger charge is 2.23. The van der Waals surface area contributed by atoms with Gasteiger partial charge in [0, 0.05) is 13.7 Å². The third kappa shape index (κ3) is 8.08. The molecular weight excluding hydrogens is 288 g/mol. The van der Waals surface area contributed by atoms with E-state index in [9.17, 15) is 18.0 Å². The number of carboxylic acids is 1. The topological polar surface area (TPSA) is 122 Å². The molecule has 1 amide bonds. The molecule has 0 radical (unpaired) electrons. The summed E-state index contributed by atoms with van der Waals surface area (Å²) in [7, 11) is -2.10. The molecule has 20 heavy (non-hydrogen) atoms. The third-order valence-electron chi connectivity index (χ3n) is 2.46. The maximum atomic E-state index is 11.5. The molecule has 0 aromatic rings. The zero-order valence-electron chi connectivity index (χ0n) is 11.9. The standard InChI is InChI=1S/C11H22N2O6S/c1-8(2)10(11(15)16)13-9(14)7-12-20(17,18)6-4-5-19-3/h8,10,12H,4-7H2,1-3H3,(H,13,14)(H,15,16)/t10-/m1/s1. The molecule has 0 bridgehead atoms. The van der Waals surface area contributed by atoms with Gasteiger partial charge >= 0.3 is 5.97 Å². The van der Waals surface area contributed by atoms with Gasteiger partial charge in [0.05, 0.1) is 12.3 Å². The number of methoxy groups -OCH3 is 1. The third-order valence-corrected chi connectivity index (χ3v) is 3.87. The minimum Gasteiger partial charge on any atom is -0.480 e. The first-order valence-electron chi connectivity index (χ1n) is 6.18. The highest BCUT2D eigenvalue weighted by molar-refractivity contribution is 7.89. The van der Waals surface area contributed by atoms with Crippen LogP contribution in [0.1, 0.15) is 20.3 Å². The molecule has 1 atom stereocenters. The van der Waals surface area contributed by atoms with E-state index in [2.05, 4.69) is 10.0 Å². The number of hydrogen-bond donors (Lipinski definition) is 3. The van der Waals surface area contributed by atoms with Crippen LogP contribution in [0.15, 0.2) is 0 Å². The largest absolute Gasteiger partial charge is 0.480 e. The zero-order valence-corrected chi connectivity index (χ0v) is 12.7. The Morgan fingerprint density at radius 2 is 1.90 bits per heavy atom. The number of amides is 1. The summed E-state index contributed by atoms with van der Waals surface area (Å²) in [6, 6.07) is -1.04. The summed E-state index contributed by atoms with van der Waals surface area (Å²) >= 11 is 0. The number of hydrogen-bond acceptors (Lipinski definition) is 5. The van der Waals surface area contributed by atoms with E-state index in [1.807, 2.05) is 0 Å². The molecule has 0 saturated heterocycles. The average Bonchev–Trinajstić information content (AvgIpc) is 2.33. The highest BCUT2D eigenvalue weighted by atomic mass is 32.2. The smallest absolute Gasteiger partial charge is 0.326 e. The normalized spacial score (nSPS) is 13.2. The lowest BCUT2D eigenvalue weighted by Gasteiger charge is -2.18. The van der Waals surface area contributed by atoms with Crippen molar-refractivity contribution in [2.24, 2.45) is 5.92 Å². The molecule has 0 aliphatic rings. The first kappa shape index (κ1) is 18.8. The fourth-order valence-corrected chi connectivity index (χ4v) is 2.37. The Hall–Kier alpha value is -1.19. The number of nitrogens with one attached hydrogen (secondary N) is 2. The van der Waals surface area contributed by atoms with Crippen molar-refractivity contribution in [1.29, 1.82) is 0 Å². The molecule has 0 aliphatic carbocycles.